The van der Waals surface area contributed by atoms with E-state index in [1.165, 1.54) is 5.56 Å². The number of benzene rings is 2. The minimum atomic E-state index is 0.620. The van der Waals surface area contributed by atoms with Crippen molar-refractivity contribution in [2.24, 2.45) is 0 Å². The molecule has 0 radical (unpaired) electrons. The molecule has 23 heavy (non-hydrogen) atoms. The predicted octanol–water partition coefficient (Wildman–Crippen LogP) is 4.66. The summed E-state index contributed by atoms with van der Waals surface area (Å²) in [4.78, 5) is 0. The van der Waals surface area contributed by atoms with Crippen LogP contribution in [-0.2, 0) is 6.42 Å². The summed E-state index contributed by atoms with van der Waals surface area (Å²) in [5, 5.41) is 7.78. The van der Waals surface area contributed by atoms with Gasteiger partial charge >= 0.3 is 0 Å². The Kier molecular flexibility index (Phi) is 7.17. The first-order chi connectivity index (χ1) is 11.2. The minimum Gasteiger partial charge on any atom is -0.494 e. The zero-order valence-corrected chi connectivity index (χ0v) is 14.7. The maximum Gasteiger partial charge on any atom is 0.170 e. The number of anilines is 1. The Hall–Kier alpha value is -1.78. The zero-order chi connectivity index (χ0) is 16.5. The number of aryl methyl sites for hydroxylation is 1. The van der Waals surface area contributed by atoms with Crippen LogP contribution >= 0.6 is 23.8 Å². The summed E-state index contributed by atoms with van der Waals surface area (Å²) in [6.45, 7) is 3.43. The van der Waals surface area contributed by atoms with Crippen molar-refractivity contribution in [3.05, 3.63) is 59.1 Å². The number of hydrogen-bond acceptors (Lipinski definition) is 2. The number of hydrogen-bond donors (Lipinski definition) is 2. The molecule has 0 aliphatic rings. The number of halogens is 1. The van der Waals surface area contributed by atoms with Gasteiger partial charge in [-0.2, -0.15) is 0 Å². The number of thiocarbonyl (C=S) groups is 1. The van der Waals surface area contributed by atoms with Crippen molar-refractivity contribution in [2.45, 2.75) is 19.8 Å². The van der Waals surface area contributed by atoms with E-state index in [0.717, 1.165) is 35.8 Å². The summed E-state index contributed by atoms with van der Waals surface area (Å²) < 4.78 is 5.47. The lowest BCUT2D eigenvalue weighted by molar-refractivity contribution is 0.340. The lowest BCUT2D eigenvalue weighted by atomic mass is 10.1. The Morgan fingerprint density at radius 1 is 1.17 bits per heavy atom. The first-order valence-electron chi connectivity index (χ1n) is 7.69. The topological polar surface area (TPSA) is 33.3 Å². The molecule has 0 saturated carbocycles. The second kappa shape index (κ2) is 9.38. The average molecular weight is 349 g/mol. The molecule has 0 amide bonds. The van der Waals surface area contributed by atoms with Gasteiger partial charge in [0, 0.05) is 23.3 Å². The van der Waals surface area contributed by atoms with Crippen molar-refractivity contribution in [2.75, 3.05) is 18.5 Å². The second-order valence-corrected chi connectivity index (χ2v) is 5.92. The molecule has 0 spiro atoms. The summed E-state index contributed by atoms with van der Waals surface area (Å²) in [5.41, 5.74) is 2.20. The van der Waals surface area contributed by atoms with Crippen molar-refractivity contribution in [3.8, 4) is 5.75 Å². The third-order valence-electron chi connectivity index (χ3n) is 3.24. The van der Waals surface area contributed by atoms with Crippen LogP contribution in [0.4, 0.5) is 5.69 Å². The highest BCUT2D eigenvalue weighted by Crippen LogP contribution is 2.17. The molecular formula is C18H21ClN2OS. The second-order valence-electron chi connectivity index (χ2n) is 5.07. The van der Waals surface area contributed by atoms with Crippen LogP contribution in [0, 0.1) is 0 Å². The van der Waals surface area contributed by atoms with Crippen molar-refractivity contribution >= 4 is 34.6 Å². The van der Waals surface area contributed by atoms with Crippen LogP contribution in [0.2, 0.25) is 5.02 Å². The van der Waals surface area contributed by atoms with Gasteiger partial charge in [0.1, 0.15) is 5.75 Å². The van der Waals surface area contributed by atoms with Crippen molar-refractivity contribution in [1.82, 2.24) is 5.32 Å². The van der Waals surface area contributed by atoms with Gasteiger partial charge in [0.05, 0.1) is 6.61 Å². The first-order valence-corrected chi connectivity index (χ1v) is 8.48. The molecule has 0 aliphatic carbocycles. The van der Waals surface area contributed by atoms with Crippen molar-refractivity contribution in [1.29, 1.82) is 0 Å². The lowest BCUT2D eigenvalue weighted by Gasteiger charge is -2.11. The summed E-state index contributed by atoms with van der Waals surface area (Å²) in [6, 6.07) is 15.7. The van der Waals surface area contributed by atoms with E-state index < -0.39 is 0 Å². The van der Waals surface area contributed by atoms with E-state index in [4.69, 9.17) is 28.6 Å². The van der Waals surface area contributed by atoms with Crippen LogP contribution in [0.3, 0.4) is 0 Å². The SMILES string of the molecule is CCOc1cccc(NC(=S)NCCCc2ccc(Cl)cc2)c1. The van der Waals surface area contributed by atoms with Crippen LogP contribution in [0.1, 0.15) is 18.9 Å². The first kappa shape index (κ1) is 17.6. The molecule has 0 unspecified atom stereocenters. The van der Waals surface area contributed by atoms with Gasteiger partial charge in [0.25, 0.3) is 0 Å². The Morgan fingerprint density at radius 3 is 2.70 bits per heavy atom. The van der Waals surface area contributed by atoms with Gasteiger partial charge in [-0.15, -0.1) is 0 Å². The molecule has 2 N–H and O–H groups in total. The zero-order valence-electron chi connectivity index (χ0n) is 13.1. The van der Waals surface area contributed by atoms with Crippen molar-refractivity contribution < 1.29 is 4.74 Å². The van der Waals surface area contributed by atoms with Gasteiger partial charge in [0.2, 0.25) is 0 Å². The fraction of sp³-hybridized carbons (Fsp3) is 0.278. The Balaban J connectivity index is 1.70. The molecular weight excluding hydrogens is 328 g/mol. The molecule has 2 rings (SSSR count). The molecule has 5 heteroatoms. The standard InChI is InChI=1S/C18H21ClN2OS/c1-2-22-17-7-3-6-16(13-17)21-18(23)20-12-4-5-14-8-10-15(19)11-9-14/h3,6-11,13H,2,4-5,12H2,1H3,(H2,20,21,23). The molecule has 0 aliphatic heterocycles. The molecule has 3 nitrogen and oxygen atoms in total. The Labute approximate surface area is 148 Å². The van der Waals surface area contributed by atoms with Crippen LogP contribution < -0.4 is 15.4 Å². The lowest BCUT2D eigenvalue weighted by Crippen LogP contribution is -2.29. The number of rotatable bonds is 7. The van der Waals surface area contributed by atoms with Crippen LogP contribution in [0.25, 0.3) is 0 Å². The van der Waals surface area contributed by atoms with Crippen LogP contribution in [0.5, 0.6) is 5.75 Å². The molecule has 122 valence electrons. The maximum atomic E-state index is 5.88. The summed E-state index contributed by atoms with van der Waals surface area (Å²) in [5.74, 6) is 0.836. The molecule has 0 aromatic heterocycles. The predicted molar refractivity (Wildman–Crippen MR) is 102 cm³/mol. The third kappa shape index (κ3) is 6.47. The third-order valence-corrected chi connectivity index (χ3v) is 3.74. The number of nitrogens with one attached hydrogen (secondary N) is 2. The van der Waals surface area contributed by atoms with Crippen LogP contribution in [-0.4, -0.2) is 18.3 Å². The normalized spacial score (nSPS) is 10.2. The minimum absolute atomic E-state index is 0.620. The average Bonchev–Trinajstić information content (AvgIpc) is 2.54. The van der Waals surface area contributed by atoms with Crippen LogP contribution in [0.15, 0.2) is 48.5 Å². The largest absolute Gasteiger partial charge is 0.494 e. The van der Waals surface area contributed by atoms with E-state index in [9.17, 15) is 0 Å². The van der Waals surface area contributed by atoms with E-state index in [0.29, 0.717) is 11.7 Å². The summed E-state index contributed by atoms with van der Waals surface area (Å²) in [7, 11) is 0. The van der Waals surface area contributed by atoms with E-state index in [-0.39, 0.29) is 0 Å². The van der Waals surface area contributed by atoms with Gasteiger partial charge in [-0.05, 0) is 61.8 Å². The maximum absolute atomic E-state index is 5.88. The van der Waals surface area contributed by atoms with E-state index >= 15 is 0 Å². The summed E-state index contributed by atoms with van der Waals surface area (Å²) in [6.07, 6.45) is 2.00. The fourth-order valence-corrected chi connectivity index (χ4v) is 2.50. The Morgan fingerprint density at radius 2 is 1.96 bits per heavy atom. The van der Waals surface area contributed by atoms with Gasteiger partial charge < -0.3 is 15.4 Å². The highest BCUT2D eigenvalue weighted by molar-refractivity contribution is 7.80. The van der Waals surface area contributed by atoms with Gasteiger partial charge in [-0.1, -0.05) is 29.8 Å². The summed E-state index contributed by atoms with van der Waals surface area (Å²) >= 11 is 11.2. The Bertz CT molecular complexity index is 631. The van der Waals surface area contributed by atoms with Gasteiger partial charge in [-0.3, -0.25) is 0 Å². The molecule has 0 heterocycles. The fourth-order valence-electron chi connectivity index (χ4n) is 2.15. The van der Waals surface area contributed by atoms with E-state index in [2.05, 4.69) is 22.8 Å². The molecule has 0 saturated heterocycles. The van der Waals surface area contributed by atoms with Gasteiger partial charge in [-0.25, -0.2) is 0 Å². The highest BCUT2D eigenvalue weighted by Gasteiger charge is 2.00. The number of ether oxygens (including phenoxy) is 1. The van der Waals surface area contributed by atoms with E-state index in [1.807, 2.05) is 43.3 Å². The quantitative estimate of drug-likeness (QED) is 0.563. The monoisotopic (exact) mass is 348 g/mol. The molecule has 0 bridgehead atoms. The van der Waals surface area contributed by atoms with Crippen molar-refractivity contribution in [3.63, 3.8) is 0 Å². The molecule has 0 fully saturated rings. The molecule has 0 atom stereocenters. The molecule has 2 aromatic carbocycles. The van der Waals surface area contributed by atoms with E-state index in [1.54, 1.807) is 0 Å². The smallest absolute Gasteiger partial charge is 0.170 e. The van der Waals surface area contributed by atoms with Gasteiger partial charge in [0.15, 0.2) is 5.11 Å². The highest BCUT2D eigenvalue weighted by atomic mass is 35.5. The molecule has 2 aromatic rings.